The summed E-state index contributed by atoms with van der Waals surface area (Å²) in [7, 11) is 1.46. The van der Waals surface area contributed by atoms with E-state index >= 15 is 0 Å². The van der Waals surface area contributed by atoms with E-state index in [1.807, 2.05) is 18.2 Å². The highest BCUT2D eigenvalue weighted by Gasteiger charge is 2.36. The number of aliphatic hydroxyl groups is 1. The first-order chi connectivity index (χ1) is 10.5. The fourth-order valence-corrected chi connectivity index (χ4v) is 2.57. The number of hydrogen-bond acceptors (Lipinski definition) is 7. The number of nitrogens with two attached hydrogens (primary N) is 2. The predicted octanol–water partition coefficient (Wildman–Crippen LogP) is 0.857. The lowest BCUT2D eigenvalue weighted by molar-refractivity contribution is -0.195. The van der Waals surface area contributed by atoms with Crippen LogP contribution in [-0.4, -0.2) is 27.2 Å². The van der Waals surface area contributed by atoms with Crippen molar-refractivity contribution in [2.75, 3.05) is 18.6 Å². The van der Waals surface area contributed by atoms with Crippen LogP contribution < -0.4 is 11.5 Å². The molecule has 7 nitrogen and oxygen atoms in total. The lowest BCUT2D eigenvalue weighted by Crippen LogP contribution is -2.32. The number of rotatable bonds is 3. The standard InChI is InChI=1S/C15H17N5O2/c1-22-15(21)5-4-9(11-3-2-6-18-12(11)15)7-10-8-19-14(17)20-13(10)16/h2-4,6,8,21H,5,7H2,1H3,(H4,16,17,19,20). The van der Waals surface area contributed by atoms with Crippen molar-refractivity contribution in [3.63, 3.8) is 0 Å². The first-order valence-electron chi connectivity index (χ1n) is 6.83. The lowest BCUT2D eigenvalue weighted by Gasteiger charge is -2.31. The van der Waals surface area contributed by atoms with Crippen molar-refractivity contribution in [1.29, 1.82) is 0 Å². The number of anilines is 2. The van der Waals surface area contributed by atoms with Gasteiger partial charge in [-0.1, -0.05) is 12.1 Å². The molecular formula is C15H17N5O2. The molecule has 22 heavy (non-hydrogen) atoms. The largest absolute Gasteiger partial charge is 0.383 e. The van der Waals surface area contributed by atoms with Gasteiger partial charge in [-0.2, -0.15) is 4.98 Å². The number of methoxy groups -OCH3 is 1. The summed E-state index contributed by atoms with van der Waals surface area (Å²) in [4.78, 5) is 12.2. The minimum atomic E-state index is -1.40. The number of pyridine rings is 1. The highest BCUT2D eigenvalue weighted by atomic mass is 16.6. The van der Waals surface area contributed by atoms with Crippen LogP contribution in [0.1, 0.15) is 23.2 Å². The van der Waals surface area contributed by atoms with E-state index in [9.17, 15) is 5.11 Å². The Morgan fingerprint density at radius 2 is 2.18 bits per heavy atom. The third-order valence-corrected chi connectivity index (χ3v) is 3.78. The summed E-state index contributed by atoms with van der Waals surface area (Å²) in [6, 6.07) is 3.71. The molecule has 0 aromatic carbocycles. The molecular weight excluding hydrogens is 282 g/mol. The second-order valence-corrected chi connectivity index (χ2v) is 5.14. The van der Waals surface area contributed by atoms with Crippen LogP contribution in [0.3, 0.4) is 0 Å². The van der Waals surface area contributed by atoms with Crippen LogP contribution in [0.5, 0.6) is 0 Å². The van der Waals surface area contributed by atoms with Gasteiger partial charge >= 0.3 is 0 Å². The van der Waals surface area contributed by atoms with Crippen molar-refractivity contribution < 1.29 is 9.84 Å². The second kappa shape index (κ2) is 5.36. The zero-order chi connectivity index (χ0) is 15.7. The molecule has 0 saturated heterocycles. The van der Waals surface area contributed by atoms with E-state index in [1.54, 1.807) is 12.4 Å². The van der Waals surface area contributed by atoms with Gasteiger partial charge in [0.25, 0.3) is 0 Å². The molecule has 1 aliphatic carbocycles. The van der Waals surface area contributed by atoms with Gasteiger partial charge in [-0.15, -0.1) is 0 Å². The van der Waals surface area contributed by atoms with Crippen molar-refractivity contribution >= 4 is 17.3 Å². The molecule has 1 aliphatic rings. The van der Waals surface area contributed by atoms with Crippen LogP contribution in [0.15, 0.2) is 30.6 Å². The Hall–Kier alpha value is -2.51. The zero-order valence-electron chi connectivity index (χ0n) is 12.2. The molecule has 0 aliphatic heterocycles. The average molecular weight is 299 g/mol. The Morgan fingerprint density at radius 3 is 2.91 bits per heavy atom. The molecule has 0 spiro atoms. The zero-order valence-corrected chi connectivity index (χ0v) is 12.2. The summed E-state index contributed by atoms with van der Waals surface area (Å²) in [5.74, 6) is -0.899. The van der Waals surface area contributed by atoms with E-state index in [4.69, 9.17) is 16.2 Å². The molecule has 0 fully saturated rings. The molecule has 1 atom stereocenters. The van der Waals surface area contributed by atoms with Crippen molar-refractivity contribution in [1.82, 2.24) is 15.0 Å². The number of fused-ring (bicyclic) bond motifs is 1. The Kier molecular flexibility index (Phi) is 3.51. The number of aromatic nitrogens is 3. The number of nitrogen functional groups attached to an aromatic ring is 2. The van der Waals surface area contributed by atoms with Gasteiger partial charge < -0.3 is 21.3 Å². The number of nitrogens with zero attached hydrogens (tertiary/aromatic N) is 3. The van der Waals surface area contributed by atoms with E-state index in [1.165, 1.54) is 7.11 Å². The lowest BCUT2D eigenvalue weighted by atomic mass is 9.87. The summed E-state index contributed by atoms with van der Waals surface area (Å²) in [6.07, 6.45) is 6.02. The summed E-state index contributed by atoms with van der Waals surface area (Å²) in [5.41, 5.74) is 14.5. The molecule has 3 rings (SSSR count). The van der Waals surface area contributed by atoms with Crippen LogP contribution in [0.25, 0.3) is 5.57 Å². The Balaban J connectivity index is 1.99. The van der Waals surface area contributed by atoms with E-state index in [0.717, 1.165) is 16.7 Å². The maximum absolute atomic E-state index is 10.5. The van der Waals surface area contributed by atoms with Crippen molar-refractivity contribution in [3.05, 3.63) is 47.4 Å². The summed E-state index contributed by atoms with van der Waals surface area (Å²) >= 11 is 0. The summed E-state index contributed by atoms with van der Waals surface area (Å²) in [5, 5.41) is 10.5. The van der Waals surface area contributed by atoms with Crippen molar-refractivity contribution in [2.45, 2.75) is 18.6 Å². The number of ether oxygens (including phenoxy) is 1. The third kappa shape index (κ3) is 2.40. The maximum Gasteiger partial charge on any atom is 0.221 e. The highest BCUT2D eigenvalue weighted by molar-refractivity contribution is 5.72. The van der Waals surface area contributed by atoms with Gasteiger partial charge in [0, 0.05) is 43.5 Å². The molecule has 0 saturated carbocycles. The van der Waals surface area contributed by atoms with Crippen molar-refractivity contribution in [3.8, 4) is 0 Å². The second-order valence-electron chi connectivity index (χ2n) is 5.14. The fraction of sp³-hybridized carbons (Fsp3) is 0.267. The summed E-state index contributed by atoms with van der Waals surface area (Å²) in [6.45, 7) is 0. The van der Waals surface area contributed by atoms with Crippen LogP contribution in [0.2, 0.25) is 0 Å². The quantitative estimate of drug-likeness (QED) is 0.719. The van der Waals surface area contributed by atoms with E-state index < -0.39 is 5.79 Å². The topological polar surface area (TPSA) is 120 Å². The molecule has 1 unspecified atom stereocenters. The van der Waals surface area contributed by atoms with Gasteiger partial charge in [-0.25, -0.2) is 4.98 Å². The number of allylic oxidation sites excluding steroid dienone is 1. The fourth-order valence-electron chi connectivity index (χ4n) is 2.57. The van der Waals surface area contributed by atoms with Gasteiger partial charge in [0.05, 0.1) is 0 Å². The van der Waals surface area contributed by atoms with Crippen LogP contribution in [0, 0.1) is 0 Å². The molecule has 7 heteroatoms. The van der Waals surface area contributed by atoms with Gasteiger partial charge in [0.1, 0.15) is 11.5 Å². The predicted molar refractivity (Wildman–Crippen MR) is 82.3 cm³/mol. The first kappa shape index (κ1) is 14.4. The third-order valence-electron chi connectivity index (χ3n) is 3.78. The molecule has 0 amide bonds. The maximum atomic E-state index is 10.5. The SMILES string of the molecule is COC1(O)CC=C(Cc2cnc(N)nc2N)c2cccnc21. The minimum absolute atomic E-state index is 0.148. The number of hydrogen-bond donors (Lipinski definition) is 3. The molecule has 114 valence electrons. The molecule has 0 radical (unpaired) electrons. The van der Waals surface area contributed by atoms with Crippen LogP contribution in [0.4, 0.5) is 11.8 Å². The smallest absolute Gasteiger partial charge is 0.221 e. The first-order valence-corrected chi connectivity index (χ1v) is 6.83. The van der Waals surface area contributed by atoms with Gasteiger partial charge in [0.2, 0.25) is 11.7 Å². The van der Waals surface area contributed by atoms with Gasteiger partial charge in [-0.05, 0) is 11.6 Å². The van der Waals surface area contributed by atoms with Gasteiger partial charge in [0.15, 0.2) is 0 Å². The molecule has 5 N–H and O–H groups in total. The van der Waals surface area contributed by atoms with E-state index in [2.05, 4.69) is 15.0 Å². The Labute approximate surface area is 127 Å². The van der Waals surface area contributed by atoms with E-state index in [-0.39, 0.29) is 5.95 Å². The van der Waals surface area contributed by atoms with Crippen molar-refractivity contribution in [2.24, 2.45) is 0 Å². The van der Waals surface area contributed by atoms with E-state index in [0.29, 0.717) is 24.4 Å². The average Bonchev–Trinajstić information content (AvgIpc) is 2.53. The van der Waals surface area contributed by atoms with Gasteiger partial charge in [-0.3, -0.25) is 4.98 Å². The highest BCUT2D eigenvalue weighted by Crippen LogP contribution is 2.38. The summed E-state index contributed by atoms with van der Waals surface area (Å²) < 4.78 is 5.23. The van der Waals surface area contributed by atoms with Crippen LogP contribution in [-0.2, 0) is 16.9 Å². The minimum Gasteiger partial charge on any atom is -0.383 e. The molecule has 0 bridgehead atoms. The Bertz CT molecular complexity index is 746. The monoisotopic (exact) mass is 299 g/mol. The molecule has 2 aromatic heterocycles. The normalized spacial score (nSPS) is 20.4. The Morgan fingerprint density at radius 1 is 1.36 bits per heavy atom. The molecule has 2 heterocycles. The molecule has 2 aromatic rings. The van der Waals surface area contributed by atoms with Crippen LogP contribution >= 0.6 is 0 Å².